The zero-order valence-corrected chi connectivity index (χ0v) is 5.80. The second-order valence-electron chi connectivity index (χ2n) is 0. The zero-order chi connectivity index (χ0) is 4.00. The summed E-state index contributed by atoms with van der Waals surface area (Å²) in [5.74, 6) is 0. The summed E-state index contributed by atoms with van der Waals surface area (Å²) in [6.45, 7) is 5.00. The molecule has 0 heterocycles. The summed E-state index contributed by atoms with van der Waals surface area (Å²) in [6, 6.07) is 0. The first-order valence-electron chi connectivity index (χ1n) is 0.850. The van der Waals surface area contributed by atoms with Gasteiger partial charge in [-0.3, -0.25) is 0 Å². The third-order valence-electron chi connectivity index (χ3n) is 0. The van der Waals surface area contributed by atoms with Gasteiger partial charge in [0.2, 0.25) is 0 Å². The average Bonchev–Trinajstić information content (AvgIpc) is 1.50. The van der Waals surface area contributed by atoms with Crippen molar-refractivity contribution < 1.29 is 12.8 Å². The summed E-state index contributed by atoms with van der Waals surface area (Å²) in [7, 11) is 0. The Bertz CT molecular complexity index is 6.00. The van der Waals surface area contributed by atoms with Crippen LogP contribution in [0.15, 0.2) is 0 Å². The van der Waals surface area contributed by atoms with Gasteiger partial charge in [-0.05, 0) is 0 Å². The third kappa shape index (κ3) is 10.5. The maximum atomic E-state index is 3.25. The van der Waals surface area contributed by atoms with Gasteiger partial charge in [-0.1, -0.05) is 0 Å². The van der Waals surface area contributed by atoms with E-state index < -0.39 is 0 Å². The third-order valence-corrected chi connectivity index (χ3v) is 0. The predicted molar refractivity (Wildman–Crippen MR) is 25.1 cm³/mol. The van der Waals surface area contributed by atoms with Gasteiger partial charge in [0.1, 0.15) is 0 Å². The Hall–Kier alpha value is 1.25. The molecule has 0 unspecified atom stereocenters. The quantitative estimate of drug-likeness (QED) is 0.325. The molecule has 0 aromatic carbocycles. The van der Waals surface area contributed by atoms with Crippen molar-refractivity contribution in [1.29, 1.82) is 0 Å². The molecule has 0 atom stereocenters. The van der Waals surface area contributed by atoms with E-state index >= 15 is 0 Å². The van der Waals surface area contributed by atoms with Crippen LogP contribution in [0.5, 0.6) is 0 Å². The predicted octanol–water partition coefficient (Wildman–Crippen LogP) is 1.72. The molecule has 0 aromatic rings. The molecule has 0 aliphatic rings. The Labute approximate surface area is 46.9 Å². The topological polar surface area (TPSA) is 0 Å². The van der Waals surface area contributed by atoms with Crippen molar-refractivity contribution in [3.8, 4) is 0 Å². The minimum atomic E-state index is 1.75. The van der Waals surface area contributed by atoms with Gasteiger partial charge in [0.25, 0.3) is 0 Å². The first kappa shape index (κ1) is 8.98. The summed E-state index contributed by atoms with van der Waals surface area (Å²) in [4.78, 5) is 0. The van der Waals surface area contributed by atoms with E-state index in [4.69, 9.17) is 0 Å². The second kappa shape index (κ2) is 28.7. The van der Waals surface area contributed by atoms with Crippen molar-refractivity contribution in [3.63, 3.8) is 0 Å². The van der Waals surface area contributed by atoms with Crippen molar-refractivity contribution >= 4 is 20.3 Å². The maximum absolute atomic E-state index is 3.25. The van der Waals surface area contributed by atoms with Crippen molar-refractivity contribution in [2.75, 3.05) is 0 Å². The van der Waals surface area contributed by atoms with E-state index in [-0.39, 0.29) is 0 Å². The molecule has 0 saturated carbocycles. The summed E-state index contributed by atoms with van der Waals surface area (Å²) in [5, 5.41) is 0. The van der Waals surface area contributed by atoms with Crippen LogP contribution in [0.3, 0.4) is 0 Å². The van der Waals surface area contributed by atoms with Crippen molar-refractivity contribution in [3.05, 3.63) is 6.92 Å². The Morgan fingerprint density at radius 3 is 1.50 bits per heavy atom. The van der Waals surface area contributed by atoms with Crippen LogP contribution in [0.1, 0.15) is 6.92 Å². The van der Waals surface area contributed by atoms with Crippen LogP contribution < -0.4 is 0 Å². The van der Waals surface area contributed by atoms with Crippen LogP contribution in [0.2, 0.25) is 0 Å². The molecule has 0 aliphatic carbocycles. The normalized spacial score (nSPS) is 2.75. The Morgan fingerprint density at radius 1 is 1.50 bits per heavy atom. The van der Waals surface area contributed by atoms with E-state index in [2.05, 4.69) is 19.7 Å². The standard InChI is InChI=1S/C2H5.HI.Mn/c1-2;;/h1H2,2H3;1H;/q-1;;+2/p-1. The molecule has 0 aliphatic heterocycles. The minimum absolute atomic E-state index is 1.75. The van der Waals surface area contributed by atoms with Gasteiger partial charge >= 0.3 is 33.1 Å². The Kier molecular flexibility index (Phi) is 64.5. The van der Waals surface area contributed by atoms with Crippen LogP contribution in [-0.4, -0.2) is 0 Å². The van der Waals surface area contributed by atoms with Gasteiger partial charge in [-0.15, -0.1) is 0 Å². The van der Waals surface area contributed by atoms with Crippen molar-refractivity contribution in [2.24, 2.45) is 0 Å². The molecule has 0 spiro atoms. The van der Waals surface area contributed by atoms with E-state index in [9.17, 15) is 0 Å². The molecule has 0 saturated heterocycles. The SMILES string of the molecule is [CH2-]C.[Mn+][I]. The summed E-state index contributed by atoms with van der Waals surface area (Å²) >= 11 is 4.87. The molecule has 0 radical (unpaired) electrons. The molecule has 0 nitrogen and oxygen atoms in total. The van der Waals surface area contributed by atoms with Crippen molar-refractivity contribution in [1.82, 2.24) is 0 Å². The summed E-state index contributed by atoms with van der Waals surface area (Å²) in [6.07, 6.45) is 0. The molecule has 0 N–H and O–H groups in total. The number of hydrogen-bond donors (Lipinski definition) is 0. The molecule has 4 heavy (non-hydrogen) atoms. The number of hydrogen-bond acceptors (Lipinski definition) is 0. The van der Waals surface area contributed by atoms with E-state index in [1.165, 1.54) is 0 Å². The van der Waals surface area contributed by atoms with Crippen LogP contribution in [-0.2, 0) is 12.8 Å². The summed E-state index contributed by atoms with van der Waals surface area (Å²) < 4.78 is 0. The molecular formula is C2H5IMn. The molecule has 0 bridgehead atoms. The van der Waals surface area contributed by atoms with Crippen LogP contribution in [0.4, 0.5) is 0 Å². The molecule has 0 amide bonds. The van der Waals surface area contributed by atoms with Gasteiger partial charge in [-0.25, -0.2) is 0 Å². The Balaban J connectivity index is 0. The van der Waals surface area contributed by atoms with Crippen LogP contribution in [0.25, 0.3) is 0 Å². The first-order valence-corrected chi connectivity index (χ1v) is 4.66. The monoisotopic (exact) mass is 211 g/mol. The van der Waals surface area contributed by atoms with E-state index in [0.29, 0.717) is 0 Å². The molecule has 27 valence electrons. The number of halogens is 1. The number of rotatable bonds is 0. The van der Waals surface area contributed by atoms with Gasteiger partial charge in [0, 0.05) is 0 Å². The zero-order valence-electron chi connectivity index (χ0n) is 2.46. The average molecular weight is 211 g/mol. The fourth-order valence-corrected chi connectivity index (χ4v) is 0. The van der Waals surface area contributed by atoms with Gasteiger partial charge < -0.3 is 6.92 Å². The first-order chi connectivity index (χ1) is 2.00. The van der Waals surface area contributed by atoms with E-state index in [1.807, 2.05) is 20.3 Å². The van der Waals surface area contributed by atoms with Crippen LogP contribution >= 0.6 is 20.3 Å². The van der Waals surface area contributed by atoms with Gasteiger partial charge in [-0.2, -0.15) is 6.92 Å². The summed E-state index contributed by atoms with van der Waals surface area (Å²) in [5.41, 5.74) is 0. The van der Waals surface area contributed by atoms with Gasteiger partial charge in [0.05, 0.1) is 0 Å². The second-order valence-corrected chi connectivity index (χ2v) is 0. The molecular weight excluding hydrogens is 206 g/mol. The Morgan fingerprint density at radius 2 is 1.50 bits per heavy atom. The van der Waals surface area contributed by atoms with E-state index in [0.717, 1.165) is 0 Å². The fraction of sp³-hybridized carbons (Fsp3) is 0.500. The molecule has 0 aromatic heterocycles. The fourth-order valence-electron chi connectivity index (χ4n) is 0. The van der Waals surface area contributed by atoms with Crippen molar-refractivity contribution in [2.45, 2.75) is 6.92 Å². The molecule has 0 fully saturated rings. The van der Waals surface area contributed by atoms with Gasteiger partial charge in [0.15, 0.2) is 0 Å². The molecule has 2 heteroatoms. The van der Waals surface area contributed by atoms with Crippen LogP contribution in [0, 0.1) is 6.92 Å². The van der Waals surface area contributed by atoms with E-state index in [1.54, 1.807) is 6.92 Å². The molecule has 0 rings (SSSR count).